The van der Waals surface area contributed by atoms with E-state index in [1.165, 1.54) is 18.4 Å². The molecule has 2 N–H and O–H groups in total. The van der Waals surface area contributed by atoms with Crippen LogP contribution in [0.15, 0.2) is 48.5 Å². The average molecular weight is 589 g/mol. The SMILES string of the molecule is COc1cc(C(=O)N2CC3CCC2[C@@H]3N)cc2nc(-c3cc4ccc(-c5ccc6c(c5)CCO6)nc4n3CC3CC3)n(C)c12. The Morgan fingerprint density at radius 1 is 1.07 bits per heavy atom. The third-order valence-electron chi connectivity index (χ3n) is 10.4. The number of methoxy groups -OCH3 is 1. The molecule has 224 valence electrons. The Bertz CT molecular complexity index is 1990. The van der Waals surface area contributed by atoms with Crippen LogP contribution in [0.25, 0.3) is 44.8 Å². The molecule has 1 saturated heterocycles. The van der Waals surface area contributed by atoms with E-state index < -0.39 is 0 Å². The second-order valence-corrected chi connectivity index (χ2v) is 13.1. The van der Waals surface area contributed by atoms with Crippen molar-refractivity contribution in [2.45, 2.75) is 50.7 Å². The lowest BCUT2D eigenvalue weighted by molar-refractivity contribution is 0.0700. The number of ether oxygens (including phenoxy) is 2. The minimum atomic E-state index is 0.0118. The minimum absolute atomic E-state index is 0.0118. The number of amides is 1. The molecule has 9 rings (SSSR count). The number of rotatable bonds is 6. The first kappa shape index (κ1) is 26.1. The van der Waals surface area contributed by atoms with Crippen LogP contribution >= 0.6 is 0 Å². The summed E-state index contributed by atoms with van der Waals surface area (Å²) in [7, 11) is 3.68. The summed E-state index contributed by atoms with van der Waals surface area (Å²) in [6.45, 7) is 2.37. The molecule has 2 saturated carbocycles. The number of fused-ring (bicyclic) bond motifs is 5. The largest absolute Gasteiger partial charge is 0.494 e. The molecule has 4 aliphatic rings. The Hall–Kier alpha value is -4.37. The summed E-state index contributed by atoms with van der Waals surface area (Å²) >= 11 is 0. The highest BCUT2D eigenvalue weighted by atomic mass is 16.5. The normalized spacial score (nSPS) is 22.2. The first-order chi connectivity index (χ1) is 21.5. The van der Waals surface area contributed by atoms with Gasteiger partial charge in [0.1, 0.15) is 22.7 Å². The lowest BCUT2D eigenvalue weighted by Crippen LogP contribution is -2.41. The number of nitrogens with two attached hydrogens (primary N) is 1. The van der Waals surface area contributed by atoms with E-state index in [0.29, 0.717) is 23.1 Å². The second kappa shape index (κ2) is 9.56. The summed E-state index contributed by atoms with van der Waals surface area (Å²) < 4.78 is 16.0. The number of aryl methyl sites for hydroxylation is 1. The van der Waals surface area contributed by atoms with Gasteiger partial charge in [0.25, 0.3) is 5.91 Å². The van der Waals surface area contributed by atoms with Gasteiger partial charge in [-0.05, 0) is 91.6 Å². The predicted molar refractivity (Wildman–Crippen MR) is 169 cm³/mol. The number of carbonyl (C=O) groups is 1. The van der Waals surface area contributed by atoms with Crippen molar-refractivity contribution in [3.63, 3.8) is 0 Å². The van der Waals surface area contributed by atoms with Crippen molar-refractivity contribution >= 4 is 28.0 Å². The fourth-order valence-corrected chi connectivity index (χ4v) is 7.83. The lowest BCUT2D eigenvalue weighted by atomic mass is 10.1. The highest BCUT2D eigenvalue weighted by Crippen LogP contribution is 2.40. The van der Waals surface area contributed by atoms with E-state index in [-0.39, 0.29) is 18.0 Å². The molecule has 2 unspecified atom stereocenters. The third kappa shape index (κ3) is 3.91. The zero-order valence-corrected chi connectivity index (χ0v) is 25.1. The van der Waals surface area contributed by atoms with Crippen molar-refractivity contribution in [1.82, 2.24) is 24.0 Å². The Kier molecular flexibility index (Phi) is 5.67. The van der Waals surface area contributed by atoms with Crippen LogP contribution in [0.5, 0.6) is 11.5 Å². The molecule has 9 heteroatoms. The standard InChI is InChI=1S/C35H36N6O3/c1-39-32-26(14-24(16-30(32)43-2)35(42)41-18-23-6-9-27(41)31(23)36)38-34(39)28-15-22-5-8-25(37-33(22)40(28)17-19-3-4-19)20-7-10-29-21(13-20)11-12-44-29/h5,7-8,10,13-16,19,23,27,31H,3-4,6,9,11-12,17-18,36H2,1-2H3/t23?,27?,31-/m1/s1. The number of piperidine rings is 1. The molecular formula is C35H36N6O3. The van der Waals surface area contributed by atoms with Gasteiger partial charge in [-0.3, -0.25) is 4.79 Å². The van der Waals surface area contributed by atoms with Crippen LogP contribution < -0.4 is 15.2 Å². The number of nitrogens with zero attached hydrogens (tertiary/aromatic N) is 5. The zero-order valence-electron chi connectivity index (χ0n) is 25.1. The molecule has 3 atom stereocenters. The highest BCUT2D eigenvalue weighted by Gasteiger charge is 2.47. The summed E-state index contributed by atoms with van der Waals surface area (Å²) in [6, 6.07) is 16.8. The number of hydrogen-bond donors (Lipinski definition) is 1. The fraction of sp³-hybridized carbons (Fsp3) is 0.400. The van der Waals surface area contributed by atoms with Crippen molar-refractivity contribution in [3.8, 4) is 34.3 Å². The van der Waals surface area contributed by atoms with Crippen molar-refractivity contribution in [3.05, 3.63) is 59.7 Å². The van der Waals surface area contributed by atoms with Gasteiger partial charge in [-0.2, -0.15) is 0 Å². The van der Waals surface area contributed by atoms with E-state index in [4.69, 9.17) is 25.2 Å². The number of likely N-dealkylation sites (tertiary alicyclic amines) is 1. The number of carbonyl (C=O) groups excluding carboxylic acids is 1. The molecular weight excluding hydrogens is 552 g/mol. The van der Waals surface area contributed by atoms with Gasteiger partial charge in [0, 0.05) is 55.2 Å². The van der Waals surface area contributed by atoms with Crippen LogP contribution in [0, 0.1) is 11.8 Å². The van der Waals surface area contributed by atoms with E-state index in [0.717, 1.165) is 89.6 Å². The van der Waals surface area contributed by atoms with Gasteiger partial charge in [-0.1, -0.05) is 0 Å². The minimum Gasteiger partial charge on any atom is -0.494 e. The highest BCUT2D eigenvalue weighted by molar-refractivity contribution is 6.00. The first-order valence-electron chi connectivity index (χ1n) is 15.8. The van der Waals surface area contributed by atoms with Crippen LogP contribution in [0.2, 0.25) is 0 Å². The molecule has 5 aromatic rings. The maximum atomic E-state index is 13.7. The monoisotopic (exact) mass is 588 g/mol. The Morgan fingerprint density at radius 3 is 2.73 bits per heavy atom. The van der Waals surface area contributed by atoms with Gasteiger partial charge in [0.15, 0.2) is 5.82 Å². The first-order valence-corrected chi connectivity index (χ1v) is 15.8. The molecule has 2 aliphatic heterocycles. The molecule has 3 aromatic heterocycles. The van der Waals surface area contributed by atoms with Gasteiger partial charge in [-0.15, -0.1) is 0 Å². The van der Waals surface area contributed by atoms with Gasteiger partial charge >= 0.3 is 0 Å². The molecule has 9 nitrogen and oxygen atoms in total. The summed E-state index contributed by atoms with van der Waals surface area (Å²) in [6.07, 6.45) is 5.48. The summed E-state index contributed by atoms with van der Waals surface area (Å²) in [5, 5.41) is 1.09. The topological polar surface area (TPSA) is 100 Å². The molecule has 5 heterocycles. The molecule has 0 spiro atoms. The van der Waals surface area contributed by atoms with Crippen molar-refractivity contribution in [2.75, 3.05) is 20.3 Å². The third-order valence-corrected chi connectivity index (χ3v) is 10.4. The molecule has 3 fully saturated rings. The van der Waals surface area contributed by atoms with E-state index in [1.807, 2.05) is 24.1 Å². The van der Waals surface area contributed by atoms with Crippen LogP contribution in [0.4, 0.5) is 0 Å². The second-order valence-electron chi connectivity index (χ2n) is 13.1. The van der Waals surface area contributed by atoms with Crippen molar-refractivity contribution in [2.24, 2.45) is 24.6 Å². The van der Waals surface area contributed by atoms with Crippen LogP contribution in [-0.2, 0) is 20.0 Å². The zero-order chi connectivity index (χ0) is 29.7. The maximum Gasteiger partial charge on any atom is 0.254 e. The average Bonchev–Trinajstić information content (AvgIpc) is 3.34. The quantitative estimate of drug-likeness (QED) is 0.294. The van der Waals surface area contributed by atoms with Gasteiger partial charge < -0.3 is 29.2 Å². The van der Waals surface area contributed by atoms with E-state index in [1.54, 1.807) is 7.11 Å². The molecule has 2 bridgehead atoms. The van der Waals surface area contributed by atoms with Crippen molar-refractivity contribution in [1.29, 1.82) is 0 Å². The number of pyridine rings is 1. The van der Waals surface area contributed by atoms with E-state index >= 15 is 0 Å². The molecule has 2 aromatic carbocycles. The van der Waals surface area contributed by atoms with Crippen LogP contribution in [-0.4, -0.2) is 62.3 Å². The number of hydrogen-bond acceptors (Lipinski definition) is 6. The Balaban J connectivity index is 1.15. The Morgan fingerprint density at radius 2 is 1.95 bits per heavy atom. The number of benzene rings is 2. The molecule has 44 heavy (non-hydrogen) atoms. The summed E-state index contributed by atoms with van der Waals surface area (Å²) in [5.41, 5.74) is 13.9. The molecule has 2 aliphatic carbocycles. The Labute approximate surface area is 255 Å². The van der Waals surface area contributed by atoms with Crippen molar-refractivity contribution < 1.29 is 14.3 Å². The smallest absolute Gasteiger partial charge is 0.254 e. The summed E-state index contributed by atoms with van der Waals surface area (Å²) in [4.78, 5) is 26.1. The van der Waals surface area contributed by atoms with Gasteiger partial charge in [0.05, 0.1) is 30.6 Å². The molecule has 0 radical (unpaired) electrons. The maximum absolute atomic E-state index is 13.7. The number of aromatic nitrogens is 4. The van der Waals surface area contributed by atoms with Gasteiger partial charge in [-0.25, -0.2) is 9.97 Å². The molecule has 1 amide bonds. The van der Waals surface area contributed by atoms with Crippen LogP contribution in [0.3, 0.4) is 0 Å². The lowest BCUT2D eigenvalue weighted by Gasteiger charge is -2.27. The van der Waals surface area contributed by atoms with Crippen LogP contribution in [0.1, 0.15) is 41.6 Å². The van der Waals surface area contributed by atoms with E-state index in [2.05, 4.69) is 45.5 Å². The van der Waals surface area contributed by atoms with Gasteiger partial charge in [0.2, 0.25) is 0 Å². The fourth-order valence-electron chi connectivity index (χ4n) is 7.83. The van der Waals surface area contributed by atoms with E-state index in [9.17, 15) is 4.79 Å². The predicted octanol–water partition coefficient (Wildman–Crippen LogP) is 5.17. The summed E-state index contributed by atoms with van der Waals surface area (Å²) in [5.74, 6) is 3.51. The number of imidazole rings is 1.